The van der Waals surface area contributed by atoms with Crippen molar-refractivity contribution in [2.24, 2.45) is 0 Å². The number of alkyl halides is 6. The van der Waals surface area contributed by atoms with E-state index in [9.17, 15) is 46.1 Å². The molecule has 4 aliphatic heterocycles. The van der Waals surface area contributed by atoms with Gasteiger partial charge in [-0.25, -0.2) is 29.5 Å². The summed E-state index contributed by atoms with van der Waals surface area (Å²) >= 11 is 0. The van der Waals surface area contributed by atoms with E-state index < -0.39 is 61.0 Å². The highest BCUT2D eigenvalue weighted by atomic mass is 19.4. The van der Waals surface area contributed by atoms with Gasteiger partial charge in [-0.1, -0.05) is 24.3 Å². The number of aliphatic hydroxyl groups excluding tert-OH is 4. The Morgan fingerprint density at radius 3 is 1.91 bits per heavy atom. The highest BCUT2D eigenvalue weighted by Crippen LogP contribution is 2.43. The average Bonchev–Trinajstić information content (AvgIpc) is 3.45. The second-order valence-electron chi connectivity index (χ2n) is 18.4. The highest BCUT2D eigenvalue weighted by Gasteiger charge is 2.42. The molecule has 2 saturated heterocycles. The SMILES string of the molecule is Cc1nc(-c2cccc(C(F)(F)F)c2)nc2c1N1CCC[C@@H](C1)N2C(=O)Nc1cncc(OC[C@@H](O)CO)c1.O=C(Nc1cnnc(OC[C@@H](O)CO)c1)N1c2nc(-c3cccc(C(F)(F)F)c3)ncc2N2CCC[C@H]1C2. The molecule has 6 N–H and O–H groups in total. The number of ether oxygens (including phenoxy) is 2. The van der Waals surface area contributed by atoms with Crippen LogP contribution in [0.25, 0.3) is 22.8 Å². The standard InChI is InChI=1S/C26H27F3N6O4.C24H24F3N7O4/c1-15-22-24(33-23(31-15)16-4-2-5-17(8-16)26(27,28)29)35(19-6-3-7-34(22)12-19)25(38)32-18-9-21(11-30-10-18)39-14-20(37)13-36;25-24(26,27)15-4-1-3-14(7-15)21-28-10-19-22(31-21)34(17-5-2-6-33(19)11-17)23(37)30-16-8-20(32-29-9-16)38-13-18(36)12-35/h2,4-5,8-11,19-20,36-37H,3,6-7,12-14H2,1H3,(H,32,38);1,3-4,7-10,17-18,35-36H,2,5-6,11-13H2,(H,30,32,37)/t19-,20-;17-,18-/m00/s1. The number of nitrogens with zero attached hydrogens (tertiary/aromatic N) is 11. The van der Waals surface area contributed by atoms with E-state index in [1.54, 1.807) is 11.8 Å². The Hall–Kier alpha value is -8.01. The molecule has 4 atom stereocenters. The van der Waals surface area contributed by atoms with Crippen LogP contribution in [0.2, 0.25) is 0 Å². The third-order valence-electron chi connectivity index (χ3n) is 12.9. The topological polar surface area (TPSA) is 261 Å². The van der Waals surface area contributed by atoms with E-state index in [4.69, 9.17) is 19.7 Å². The second-order valence-corrected chi connectivity index (χ2v) is 18.4. The Morgan fingerprint density at radius 1 is 0.701 bits per heavy atom. The first-order valence-corrected chi connectivity index (χ1v) is 24.3. The lowest BCUT2D eigenvalue weighted by atomic mass is 9.99. The number of hydrogen-bond acceptors (Lipinski definition) is 17. The minimum absolute atomic E-state index is 0.0346. The molecule has 2 aromatic carbocycles. The third-order valence-corrected chi connectivity index (χ3v) is 12.9. The van der Waals surface area contributed by atoms with Crippen LogP contribution in [0.4, 0.5) is 70.3 Å². The molecular formula is C50H51F6N13O8. The molecule has 0 spiro atoms. The molecule has 8 heterocycles. The van der Waals surface area contributed by atoms with Crippen LogP contribution >= 0.6 is 0 Å². The van der Waals surface area contributed by atoms with Crippen LogP contribution in [0.3, 0.4) is 0 Å². The van der Waals surface area contributed by atoms with Crippen LogP contribution in [-0.2, 0) is 12.4 Å². The molecule has 4 aliphatic rings. The minimum Gasteiger partial charge on any atom is -0.489 e. The van der Waals surface area contributed by atoms with E-state index in [0.717, 1.165) is 56.6 Å². The molecule has 21 nitrogen and oxygen atoms in total. The molecule has 6 aromatic rings. The number of carbonyl (C=O) groups excluding carboxylic acids is 2. The average molecular weight is 1080 g/mol. The first-order valence-electron chi connectivity index (χ1n) is 24.3. The lowest BCUT2D eigenvalue weighted by molar-refractivity contribution is -0.138. The van der Waals surface area contributed by atoms with Gasteiger partial charge in [0, 0.05) is 49.4 Å². The van der Waals surface area contributed by atoms with E-state index in [-0.39, 0.29) is 65.4 Å². The molecule has 10 rings (SSSR count). The number of benzene rings is 2. The number of nitrogens with one attached hydrogen (secondary N) is 2. The summed E-state index contributed by atoms with van der Waals surface area (Å²) in [6.07, 6.45) is -2.36. The number of pyridine rings is 1. The van der Waals surface area contributed by atoms with Gasteiger partial charge in [-0.2, -0.15) is 31.4 Å². The quantitative estimate of drug-likeness (QED) is 0.0732. The number of aromatic nitrogens is 7. The number of rotatable bonds is 12. The van der Waals surface area contributed by atoms with Crippen LogP contribution in [0.1, 0.15) is 42.5 Å². The Kier molecular flexibility index (Phi) is 15.8. The Balaban J connectivity index is 0.000000188. The smallest absolute Gasteiger partial charge is 0.416 e. The lowest BCUT2D eigenvalue weighted by Gasteiger charge is -2.46. The summed E-state index contributed by atoms with van der Waals surface area (Å²) in [7, 11) is 0. The Morgan fingerprint density at radius 2 is 1.27 bits per heavy atom. The van der Waals surface area contributed by atoms with Gasteiger partial charge in [0.2, 0.25) is 5.88 Å². The molecule has 4 aromatic heterocycles. The van der Waals surface area contributed by atoms with Gasteiger partial charge in [0.15, 0.2) is 23.3 Å². The molecule has 406 valence electrons. The predicted octanol–water partition coefficient (Wildman–Crippen LogP) is 6.32. The number of halogens is 6. The van der Waals surface area contributed by atoms with Gasteiger partial charge in [0.1, 0.15) is 36.9 Å². The zero-order valence-corrected chi connectivity index (χ0v) is 41.0. The minimum atomic E-state index is -4.52. The first-order chi connectivity index (χ1) is 36.9. The number of anilines is 6. The lowest BCUT2D eigenvalue weighted by Crippen LogP contribution is -2.56. The molecule has 0 saturated carbocycles. The zero-order valence-electron chi connectivity index (χ0n) is 41.0. The molecule has 4 bridgehead atoms. The predicted molar refractivity (Wildman–Crippen MR) is 267 cm³/mol. The largest absolute Gasteiger partial charge is 0.489 e. The van der Waals surface area contributed by atoms with Crippen LogP contribution in [0.5, 0.6) is 11.6 Å². The Bertz CT molecular complexity index is 3100. The fourth-order valence-electron chi connectivity index (χ4n) is 9.32. The van der Waals surface area contributed by atoms with Crippen molar-refractivity contribution in [3.05, 3.63) is 102 Å². The number of carbonyl (C=O) groups is 2. The first kappa shape index (κ1) is 53.8. The monoisotopic (exact) mass is 1080 g/mol. The molecule has 0 unspecified atom stereocenters. The number of aryl methyl sites for hydroxylation is 1. The number of fused-ring (bicyclic) bond motifs is 8. The van der Waals surface area contributed by atoms with Crippen molar-refractivity contribution in [2.45, 2.75) is 69.3 Å². The summed E-state index contributed by atoms with van der Waals surface area (Å²) < 4.78 is 90.6. The van der Waals surface area contributed by atoms with Gasteiger partial charge in [-0.15, -0.1) is 5.10 Å². The van der Waals surface area contributed by atoms with Crippen molar-refractivity contribution in [2.75, 3.05) is 82.8 Å². The fourth-order valence-corrected chi connectivity index (χ4v) is 9.32. The summed E-state index contributed by atoms with van der Waals surface area (Å²) in [6.45, 7) is 3.10. The highest BCUT2D eigenvalue weighted by molar-refractivity contribution is 6.05. The summed E-state index contributed by atoms with van der Waals surface area (Å²) in [4.78, 5) is 56.4. The number of piperidine rings is 2. The Labute approximate surface area is 435 Å². The fraction of sp³-hybridized carbons (Fsp3) is 0.380. The summed E-state index contributed by atoms with van der Waals surface area (Å²) in [5.74, 6) is 1.11. The van der Waals surface area contributed by atoms with Crippen LogP contribution in [0.15, 0.2) is 85.5 Å². The maximum Gasteiger partial charge on any atom is 0.416 e. The molecule has 4 amide bonds. The molecular weight excluding hydrogens is 1020 g/mol. The molecule has 2 fully saturated rings. The number of urea groups is 2. The summed E-state index contributed by atoms with van der Waals surface area (Å²) in [5.41, 5.74) is 1.19. The molecule has 0 aliphatic carbocycles. The second kappa shape index (κ2) is 22.7. The van der Waals surface area contributed by atoms with E-state index in [1.165, 1.54) is 66.1 Å². The molecule has 77 heavy (non-hydrogen) atoms. The van der Waals surface area contributed by atoms with Gasteiger partial charge in [-0.3, -0.25) is 14.8 Å². The number of hydrogen-bond donors (Lipinski definition) is 6. The maximum atomic E-state index is 13.6. The molecule has 27 heteroatoms. The van der Waals surface area contributed by atoms with Crippen molar-refractivity contribution in [1.29, 1.82) is 0 Å². The van der Waals surface area contributed by atoms with Gasteiger partial charge in [0.05, 0.1) is 84.0 Å². The van der Waals surface area contributed by atoms with Crippen molar-refractivity contribution < 1.29 is 65.8 Å². The maximum absolute atomic E-state index is 13.6. The van der Waals surface area contributed by atoms with Gasteiger partial charge in [-0.05, 0) is 56.9 Å². The normalized spacial score (nSPS) is 17.5. The van der Waals surface area contributed by atoms with Crippen molar-refractivity contribution in [3.8, 4) is 34.4 Å². The zero-order chi connectivity index (χ0) is 54.6. The van der Waals surface area contributed by atoms with Gasteiger partial charge in [0.25, 0.3) is 0 Å². The van der Waals surface area contributed by atoms with E-state index >= 15 is 0 Å². The van der Waals surface area contributed by atoms with Gasteiger partial charge >= 0.3 is 24.4 Å². The van der Waals surface area contributed by atoms with Crippen molar-refractivity contribution >= 4 is 46.4 Å². The van der Waals surface area contributed by atoms with Crippen molar-refractivity contribution in [1.82, 2.24) is 35.1 Å². The van der Waals surface area contributed by atoms with E-state index in [0.29, 0.717) is 53.9 Å². The number of aliphatic hydroxyl groups is 4. The number of amides is 4. The van der Waals surface area contributed by atoms with Gasteiger partial charge < -0.3 is 50.3 Å². The van der Waals surface area contributed by atoms with E-state index in [2.05, 4.69) is 55.6 Å². The summed E-state index contributed by atoms with van der Waals surface area (Å²) in [6, 6.07) is 11.1. The molecule has 0 radical (unpaired) electrons. The van der Waals surface area contributed by atoms with Crippen LogP contribution < -0.4 is 39.7 Å². The van der Waals surface area contributed by atoms with E-state index in [1.807, 2.05) is 0 Å². The summed E-state index contributed by atoms with van der Waals surface area (Å²) in [5, 5.41) is 50.0. The van der Waals surface area contributed by atoms with Crippen LogP contribution in [-0.4, -0.2) is 145 Å². The van der Waals surface area contributed by atoms with Crippen LogP contribution in [0, 0.1) is 6.92 Å². The van der Waals surface area contributed by atoms with Crippen molar-refractivity contribution in [3.63, 3.8) is 0 Å². The third kappa shape index (κ3) is 12.3.